The number of hydrogen-bond donors (Lipinski definition) is 1. The third-order valence-electron chi connectivity index (χ3n) is 8.43. The molecule has 3 aliphatic rings. The van der Waals surface area contributed by atoms with E-state index in [1.165, 1.54) is 17.0 Å². The number of alkyl halides is 5. The number of likely N-dealkylation sites (tertiary alicyclic amines) is 1. The Morgan fingerprint density at radius 1 is 1.19 bits per heavy atom. The molecule has 42 heavy (non-hydrogen) atoms. The molecule has 1 aromatic carbocycles. The molecule has 1 unspecified atom stereocenters. The van der Waals surface area contributed by atoms with Gasteiger partial charge >= 0.3 is 12.1 Å². The van der Waals surface area contributed by atoms with Crippen LogP contribution in [-0.2, 0) is 20.5 Å². The Labute approximate surface area is 246 Å². The van der Waals surface area contributed by atoms with E-state index in [1.807, 2.05) is 0 Å². The molecule has 8 nitrogen and oxygen atoms in total. The Balaban J connectivity index is 1.35. The molecule has 1 amide bonds. The van der Waals surface area contributed by atoms with E-state index in [0.717, 1.165) is 17.0 Å². The number of piperidine rings is 1. The molecule has 3 fully saturated rings. The van der Waals surface area contributed by atoms with E-state index in [-0.39, 0.29) is 42.4 Å². The summed E-state index contributed by atoms with van der Waals surface area (Å²) in [4.78, 5) is 28.4. The number of aliphatic carboxylic acids is 1. The minimum atomic E-state index is -4.79. The first kappa shape index (κ1) is 32.0. The SMILES string of the molecule is CC1(C)C(=O)N(c2ccc(C#N)c(C(F)(F)F)c2)C(=S)N1C1CCC(OCCC2CCN(CC(=O)O)CC2(F)F)CC1. The van der Waals surface area contributed by atoms with Crippen LogP contribution in [0.4, 0.5) is 27.6 Å². The number of amides is 1. The molecule has 1 aliphatic carbocycles. The van der Waals surface area contributed by atoms with E-state index < -0.39 is 59.6 Å². The van der Waals surface area contributed by atoms with Gasteiger partial charge in [-0.1, -0.05) is 0 Å². The van der Waals surface area contributed by atoms with Gasteiger partial charge in [0, 0.05) is 18.6 Å². The van der Waals surface area contributed by atoms with Crippen LogP contribution in [0.25, 0.3) is 0 Å². The molecule has 4 rings (SSSR count). The van der Waals surface area contributed by atoms with Crippen molar-refractivity contribution in [3.05, 3.63) is 29.3 Å². The van der Waals surface area contributed by atoms with Crippen molar-refractivity contribution in [3.8, 4) is 6.07 Å². The molecule has 0 aromatic heterocycles. The number of carbonyl (C=O) groups is 2. The zero-order valence-corrected chi connectivity index (χ0v) is 24.1. The average molecular weight is 617 g/mol. The molecule has 1 atom stereocenters. The highest BCUT2D eigenvalue weighted by atomic mass is 32.1. The second-order valence-electron chi connectivity index (χ2n) is 11.6. The second kappa shape index (κ2) is 12.0. The minimum Gasteiger partial charge on any atom is -0.480 e. The maximum atomic E-state index is 14.6. The summed E-state index contributed by atoms with van der Waals surface area (Å²) in [5.74, 6) is -5.50. The molecule has 230 valence electrons. The fourth-order valence-corrected chi connectivity index (χ4v) is 6.80. The number of carboxylic acid groups (broad SMARTS) is 1. The molecular formula is C28H33F5N4O4S. The molecule has 0 radical (unpaired) electrons. The van der Waals surface area contributed by atoms with Crippen LogP contribution in [0.5, 0.6) is 0 Å². The summed E-state index contributed by atoms with van der Waals surface area (Å²) < 4.78 is 75.8. The summed E-state index contributed by atoms with van der Waals surface area (Å²) in [6.45, 7) is 2.77. The van der Waals surface area contributed by atoms with Crippen LogP contribution in [0.15, 0.2) is 18.2 Å². The van der Waals surface area contributed by atoms with E-state index in [9.17, 15) is 31.5 Å². The van der Waals surface area contributed by atoms with Gasteiger partial charge in [-0.2, -0.15) is 18.4 Å². The quantitative estimate of drug-likeness (QED) is 0.320. The van der Waals surface area contributed by atoms with E-state index in [1.54, 1.807) is 18.7 Å². The van der Waals surface area contributed by atoms with Crippen molar-refractivity contribution < 1.29 is 41.4 Å². The Kier molecular flexibility index (Phi) is 9.16. The minimum absolute atomic E-state index is 0.0606. The number of nitriles is 1. The van der Waals surface area contributed by atoms with Crippen LogP contribution in [0, 0.1) is 17.2 Å². The summed E-state index contributed by atoms with van der Waals surface area (Å²) in [5.41, 5.74) is -2.88. The number of ether oxygens (including phenoxy) is 1. The molecule has 14 heteroatoms. The van der Waals surface area contributed by atoms with Gasteiger partial charge in [-0.15, -0.1) is 0 Å². The van der Waals surface area contributed by atoms with Crippen LogP contribution >= 0.6 is 12.2 Å². The molecule has 1 aromatic rings. The van der Waals surface area contributed by atoms with Gasteiger partial charge in [-0.05, 0) is 89.3 Å². The summed E-state index contributed by atoms with van der Waals surface area (Å²) in [5, 5.41) is 18.1. The molecule has 2 aliphatic heterocycles. The maximum Gasteiger partial charge on any atom is 0.417 e. The molecule has 2 saturated heterocycles. The summed E-state index contributed by atoms with van der Waals surface area (Å²) in [6, 6.07) is 4.43. The predicted octanol–water partition coefficient (Wildman–Crippen LogP) is 5.05. The van der Waals surface area contributed by atoms with Gasteiger partial charge in [0.1, 0.15) is 5.54 Å². The fraction of sp³-hybridized carbons (Fsp3) is 0.643. The molecule has 0 bridgehead atoms. The fourth-order valence-electron chi connectivity index (χ4n) is 6.24. The van der Waals surface area contributed by atoms with Gasteiger partial charge in [0.2, 0.25) is 0 Å². The highest BCUT2D eigenvalue weighted by Gasteiger charge is 2.53. The maximum absolute atomic E-state index is 14.6. The van der Waals surface area contributed by atoms with Gasteiger partial charge in [-0.25, -0.2) is 8.78 Å². The van der Waals surface area contributed by atoms with E-state index in [0.29, 0.717) is 32.2 Å². The van der Waals surface area contributed by atoms with Gasteiger partial charge in [0.15, 0.2) is 5.11 Å². The van der Waals surface area contributed by atoms with Crippen LogP contribution in [0.1, 0.15) is 63.5 Å². The van der Waals surface area contributed by atoms with E-state index in [4.69, 9.17) is 27.3 Å². The molecular weight excluding hydrogens is 583 g/mol. The van der Waals surface area contributed by atoms with Crippen LogP contribution < -0.4 is 4.90 Å². The molecule has 1 saturated carbocycles. The average Bonchev–Trinajstić information content (AvgIpc) is 3.07. The van der Waals surface area contributed by atoms with Crippen molar-refractivity contribution in [1.29, 1.82) is 5.26 Å². The number of carbonyl (C=O) groups excluding carboxylic acids is 1. The van der Waals surface area contributed by atoms with Gasteiger partial charge in [0.05, 0.1) is 42.1 Å². The summed E-state index contributed by atoms with van der Waals surface area (Å²) in [7, 11) is 0. The first-order valence-corrected chi connectivity index (χ1v) is 14.2. The van der Waals surface area contributed by atoms with Gasteiger partial charge < -0.3 is 14.7 Å². The normalized spacial score (nSPS) is 26.4. The lowest BCUT2D eigenvalue weighted by Crippen LogP contribution is -2.51. The zero-order valence-electron chi connectivity index (χ0n) is 23.3. The zero-order chi connectivity index (χ0) is 31.0. The van der Waals surface area contributed by atoms with Gasteiger partial charge in [0.25, 0.3) is 11.8 Å². The monoisotopic (exact) mass is 616 g/mol. The van der Waals surface area contributed by atoms with Crippen molar-refractivity contribution >= 4 is 34.9 Å². The standard InChI is InChI=1S/C28H33F5N4O4S/c1-26(2)24(40)36(20-4-3-17(14-34)22(13-20)28(31,32)33)25(42)37(26)19-5-7-21(8-6-19)41-12-10-18-9-11-35(15-23(38)39)16-27(18,29)30/h3-4,13,18-19,21H,5-12,15-16H2,1-2H3,(H,38,39). The number of carboxylic acids is 1. The number of halogens is 5. The number of nitrogens with zero attached hydrogens (tertiary/aromatic N) is 4. The Morgan fingerprint density at radius 3 is 2.43 bits per heavy atom. The number of anilines is 1. The topological polar surface area (TPSA) is 97.1 Å². The molecule has 0 spiro atoms. The van der Waals surface area contributed by atoms with Crippen molar-refractivity contribution in [1.82, 2.24) is 9.80 Å². The molecule has 1 N–H and O–H groups in total. The van der Waals surface area contributed by atoms with Crippen LogP contribution in [0.2, 0.25) is 0 Å². The number of thiocarbonyl (C=S) groups is 1. The lowest BCUT2D eigenvalue weighted by molar-refractivity contribution is -0.146. The third kappa shape index (κ3) is 6.53. The summed E-state index contributed by atoms with van der Waals surface area (Å²) >= 11 is 5.62. The van der Waals surface area contributed by atoms with Crippen molar-refractivity contribution in [3.63, 3.8) is 0 Å². The van der Waals surface area contributed by atoms with Crippen molar-refractivity contribution in [2.45, 2.75) is 82.2 Å². The number of rotatable bonds is 8. The summed E-state index contributed by atoms with van der Waals surface area (Å²) in [6.07, 6.45) is -2.25. The lowest BCUT2D eigenvalue weighted by atomic mass is 9.88. The van der Waals surface area contributed by atoms with E-state index >= 15 is 0 Å². The Morgan fingerprint density at radius 2 is 1.86 bits per heavy atom. The third-order valence-corrected chi connectivity index (χ3v) is 8.81. The number of benzene rings is 1. The highest BCUT2D eigenvalue weighted by Crippen LogP contribution is 2.41. The Hall–Kier alpha value is -2.89. The van der Waals surface area contributed by atoms with Crippen molar-refractivity contribution in [2.75, 3.05) is 31.1 Å². The van der Waals surface area contributed by atoms with Crippen molar-refractivity contribution in [2.24, 2.45) is 5.92 Å². The predicted molar refractivity (Wildman–Crippen MR) is 146 cm³/mol. The second-order valence-corrected chi connectivity index (χ2v) is 12.0. The molecule has 2 heterocycles. The van der Waals surface area contributed by atoms with E-state index in [2.05, 4.69) is 0 Å². The first-order valence-electron chi connectivity index (χ1n) is 13.8. The largest absolute Gasteiger partial charge is 0.480 e. The van der Waals surface area contributed by atoms with Gasteiger partial charge in [-0.3, -0.25) is 19.4 Å². The van der Waals surface area contributed by atoms with Crippen LogP contribution in [-0.4, -0.2) is 81.7 Å². The lowest BCUT2D eigenvalue weighted by Gasteiger charge is -2.41. The smallest absolute Gasteiger partial charge is 0.417 e. The van der Waals surface area contributed by atoms with Crippen LogP contribution in [0.3, 0.4) is 0 Å². The first-order chi connectivity index (χ1) is 19.6. The Bertz CT molecular complexity index is 1260. The highest BCUT2D eigenvalue weighted by molar-refractivity contribution is 7.80. The number of hydrogen-bond acceptors (Lipinski definition) is 6.